The standard InChI is InChI=1S/C15H14BrN3/c1-10-11(4-2-6-14(10)18)9-19-15-7-3-5-13(16)12(15)8-17/h2-7,19H,9,18H2,1H3. The van der Waals surface area contributed by atoms with Gasteiger partial charge >= 0.3 is 0 Å². The lowest BCUT2D eigenvalue weighted by Crippen LogP contribution is -2.04. The van der Waals surface area contributed by atoms with Crippen molar-refractivity contribution < 1.29 is 0 Å². The molecule has 0 bridgehead atoms. The molecular formula is C15H14BrN3. The zero-order valence-electron chi connectivity index (χ0n) is 10.6. The van der Waals surface area contributed by atoms with E-state index in [1.54, 1.807) is 0 Å². The van der Waals surface area contributed by atoms with Gasteiger partial charge in [0.25, 0.3) is 0 Å². The summed E-state index contributed by atoms with van der Waals surface area (Å²) in [6.07, 6.45) is 0. The van der Waals surface area contributed by atoms with Gasteiger partial charge in [-0.1, -0.05) is 18.2 Å². The summed E-state index contributed by atoms with van der Waals surface area (Å²) in [6.45, 7) is 2.64. The smallest absolute Gasteiger partial charge is 0.103 e. The Balaban J connectivity index is 2.22. The molecule has 0 unspecified atom stereocenters. The molecule has 0 aliphatic heterocycles. The summed E-state index contributed by atoms with van der Waals surface area (Å²) in [5.41, 5.74) is 10.3. The van der Waals surface area contributed by atoms with Crippen LogP contribution >= 0.6 is 15.9 Å². The van der Waals surface area contributed by atoms with Gasteiger partial charge in [-0.15, -0.1) is 0 Å². The summed E-state index contributed by atoms with van der Waals surface area (Å²) in [5.74, 6) is 0. The maximum absolute atomic E-state index is 9.16. The molecule has 0 aromatic heterocycles. The van der Waals surface area contributed by atoms with E-state index in [1.807, 2.05) is 43.3 Å². The van der Waals surface area contributed by atoms with Crippen LogP contribution in [0.3, 0.4) is 0 Å². The predicted molar refractivity (Wildman–Crippen MR) is 81.8 cm³/mol. The van der Waals surface area contributed by atoms with Crippen LogP contribution in [0, 0.1) is 18.3 Å². The molecule has 3 nitrogen and oxygen atoms in total. The zero-order valence-corrected chi connectivity index (χ0v) is 12.2. The Hall–Kier alpha value is -1.99. The maximum atomic E-state index is 9.16. The first kappa shape index (κ1) is 13.4. The minimum absolute atomic E-state index is 0.615. The molecular weight excluding hydrogens is 302 g/mol. The molecule has 2 aromatic rings. The highest BCUT2D eigenvalue weighted by Gasteiger charge is 2.06. The van der Waals surface area contributed by atoms with E-state index < -0.39 is 0 Å². The van der Waals surface area contributed by atoms with Crippen molar-refractivity contribution in [3.05, 3.63) is 57.6 Å². The van der Waals surface area contributed by atoms with Crippen molar-refractivity contribution in [3.63, 3.8) is 0 Å². The van der Waals surface area contributed by atoms with Gasteiger partial charge in [0.2, 0.25) is 0 Å². The Morgan fingerprint density at radius 2 is 2.00 bits per heavy atom. The SMILES string of the molecule is Cc1c(N)cccc1CNc1cccc(Br)c1C#N. The predicted octanol–water partition coefficient (Wildman–Crippen LogP) is 3.82. The second kappa shape index (κ2) is 5.77. The molecule has 2 rings (SSSR count). The summed E-state index contributed by atoms with van der Waals surface area (Å²) >= 11 is 3.38. The molecule has 4 heteroatoms. The number of nitrogens with zero attached hydrogens (tertiary/aromatic N) is 1. The Morgan fingerprint density at radius 1 is 1.26 bits per heavy atom. The van der Waals surface area contributed by atoms with E-state index >= 15 is 0 Å². The van der Waals surface area contributed by atoms with Crippen LogP contribution in [0.4, 0.5) is 11.4 Å². The lowest BCUT2D eigenvalue weighted by Gasteiger charge is -2.12. The number of hydrogen-bond donors (Lipinski definition) is 2. The van der Waals surface area contributed by atoms with E-state index in [1.165, 1.54) is 0 Å². The molecule has 19 heavy (non-hydrogen) atoms. The molecule has 0 heterocycles. The topological polar surface area (TPSA) is 61.8 Å². The van der Waals surface area contributed by atoms with E-state index in [0.29, 0.717) is 12.1 Å². The van der Waals surface area contributed by atoms with Crippen molar-refractivity contribution in [2.24, 2.45) is 0 Å². The van der Waals surface area contributed by atoms with Crippen LogP contribution in [0.5, 0.6) is 0 Å². The van der Waals surface area contributed by atoms with Crippen molar-refractivity contribution in [1.29, 1.82) is 5.26 Å². The van der Waals surface area contributed by atoms with E-state index in [-0.39, 0.29) is 0 Å². The van der Waals surface area contributed by atoms with Gasteiger partial charge in [0.15, 0.2) is 0 Å². The van der Waals surface area contributed by atoms with Crippen LogP contribution in [0.15, 0.2) is 40.9 Å². The van der Waals surface area contributed by atoms with Gasteiger partial charge in [0.05, 0.1) is 11.3 Å². The number of benzene rings is 2. The van der Waals surface area contributed by atoms with Crippen LogP contribution in [0.2, 0.25) is 0 Å². The number of nitriles is 1. The van der Waals surface area contributed by atoms with Crippen molar-refractivity contribution >= 4 is 27.3 Å². The monoisotopic (exact) mass is 315 g/mol. The number of hydrogen-bond acceptors (Lipinski definition) is 3. The average molecular weight is 316 g/mol. The lowest BCUT2D eigenvalue weighted by molar-refractivity contribution is 1.12. The zero-order chi connectivity index (χ0) is 13.8. The molecule has 0 spiro atoms. The molecule has 0 aliphatic carbocycles. The number of halogens is 1. The van der Waals surface area contributed by atoms with E-state index in [0.717, 1.165) is 27.0 Å². The van der Waals surface area contributed by atoms with Gasteiger partial charge in [-0.2, -0.15) is 5.26 Å². The highest BCUT2D eigenvalue weighted by Crippen LogP contribution is 2.25. The number of nitrogens with one attached hydrogen (secondary N) is 1. The first-order valence-electron chi connectivity index (χ1n) is 5.90. The van der Waals surface area contributed by atoms with Gasteiger partial charge in [-0.25, -0.2) is 0 Å². The normalized spacial score (nSPS) is 9.95. The van der Waals surface area contributed by atoms with Gasteiger partial charge in [-0.05, 0) is 52.2 Å². The summed E-state index contributed by atoms with van der Waals surface area (Å²) in [7, 11) is 0. The van der Waals surface area contributed by atoms with Crippen LogP contribution < -0.4 is 11.1 Å². The molecule has 3 N–H and O–H groups in total. The second-order valence-electron chi connectivity index (χ2n) is 4.26. The molecule has 2 aromatic carbocycles. The molecule has 0 radical (unpaired) electrons. The lowest BCUT2D eigenvalue weighted by atomic mass is 10.1. The second-order valence-corrected chi connectivity index (χ2v) is 5.11. The Kier molecular flexibility index (Phi) is 4.08. The summed E-state index contributed by atoms with van der Waals surface area (Å²) in [5, 5.41) is 12.4. The molecule has 0 saturated carbocycles. The highest BCUT2D eigenvalue weighted by atomic mass is 79.9. The molecule has 0 amide bonds. The van der Waals surface area contributed by atoms with Gasteiger partial charge in [0.1, 0.15) is 6.07 Å². The molecule has 0 atom stereocenters. The minimum atomic E-state index is 0.615. The fourth-order valence-corrected chi connectivity index (χ4v) is 2.33. The number of rotatable bonds is 3. The van der Waals surface area contributed by atoms with Gasteiger partial charge in [0, 0.05) is 16.7 Å². The Morgan fingerprint density at radius 3 is 2.74 bits per heavy atom. The first-order valence-corrected chi connectivity index (χ1v) is 6.69. The van der Waals surface area contributed by atoms with Crippen LogP contribution in [0.25, 0.3) is 0 Å². The van der Waals surface area contributed by atoms with Crippen LogP contribution in [-0.2, 0) is 6.54 Å². The molecule has 0 aliphatic rings. The van der Waals surface area contributed by atoms with Crippen LogP contribution in [-0.4, -0.2) is 0 Å². The minimum Gasteiger partial charge on any atom is -0.399 e. The number of anilines is 2. The quantitative estimate of drug-likeness (QED) is 0.846. The van der Waals surface area contributed by atoms with Crippen molar-refractivity contribution in [2.45, 2.75) is 13.5 Å². The van der Waals surface area contributed by atoms with Crippen molar-refractivity contribution in [3.8, 4) is 6.07 Å². The highest BCUT2D eigenvalue weighted by molar-refractivity contribution is 9.10. The van der Waals surface area contributed by atoms with E-state index in [2.05, 4.69) is 27.3 Å². The average Bonchev–Trinajstić information content (AvgIpc) is 2.40. The fourth-order valence-electron chi connectivity index (χ4n) is 1.87. The molecule has 96 valence electrons. The summed E-state index contributed by atoms with van der Waals surface area (Å²) in [6, 6.07) is 13.7. The Bertz CT molecular complexity index is 644. The third kappa shape index (κ3) is 2.88. The Labute approximate surface area is 121 Å². The largest absolute Gasteiger partial charge is 0.399 e. The number of nitrogen functional groups attached to an aromatic ring is 1. The summed E-state index contributed by atoms with van der Waals surface area (Å²) < 4.78 is 0.796. The number of nitrogens with two attached hydrogens (primary N) is 1. The third-order valence-electron chi connectivity index (χ3n) is 3.08. The van der Waals surface area contributed by atoms with Gasteiger partial charge < -0.3 is 11.1 Å². The van der Waals surface area contributed by atoms with Crippen LogP contribution in [0.1, 0.15) is 16.7 Å². The van der Waals surface area contributed by atoms with Gasteiger partial charge in [-0.3, -0.25) is 0 Å². The van der Waals surface area contributed by atoms with Crippen molar-refractivity contribution in [2.75, 3.05) is 11.1 Å². The van der Waals surface area contributed by atoms with E-state index in [4.69, 9.17) is 11.0 Å². The molecule has 0 fully saturated rings. The summed E-state index contributed by atoms with van der Waals surface area (Å²) in [4.78, 5) is 0. The van der Waals surface area contributed by atoms with E-state index in [9.17, 15) is 0 Å². The maximum Gasteiger partial charge on any atom is 0.103 e. The molecule has 0 saturated heterocycles. The fraction of sp³-hybridized carbons (Fsp3) is 0.133. The van der Waals surface area contributed by atoms with Crippen molar-refractivity contribution in [1.82, 2.24) is 0 Å². The first-order chi connectivity index (χ1) is 9.13. The third-order valence-corrected chi connectivity index (χ3v) is 3.74.